The summed E-state index contributed by atoms with van der Waals surface area (Å²) in [6.45, 7) is 3.34. The van der Waals surface area contributed by atoms with Gasteiger partial charge in [-0.2, -0.15) is 0 Å². The third kappa shape index (κ3) is 4.40. The molecule has 2 N–H and O–H groups in total. The molecule has 2 rings (SSSR count). The Hall–Kier alpha value is -2.66. The third-order valence-electron chi connectivity index (χ3n) is 3.32. The van der Waals surface area contributed by atoms with Gasteiger partial charge in [0.05, 0.1) is 11.4 Å². The van der Waals surface area contributed by atoms with Gasteiger partial charge in [-0.15, -0.1) is 0 Å². The van der Waals surface area contributed by atoms with E-state index in [4.69, 9.17) is 4.74 Å². The van der Waals surface area contributed by atoms with Crippen molar-refractivity contribution in [2.24, 2.45) is 0 Å². The molecule has 0 unspecified atom stereocenters. The number of anilines is 2. The molecule has 0 bridgehead atoms. The maximum atomic E-state index is 12.5. The maximum absolute atomic E-state index is 12.5. The third-order valence-corrected chi connectivity index (χ3v) is 3.32. The molecule has 5 heteroatoms. The van der Waals surface area contributed by atoms with Crippen LogP contribution in [0, 0.1) is 6.92 Å². The lowest BCUT2D eigenvalue weighted by Gasteiger charge is -2.18. The van der Waals surface area contributed by atoms with Crippen LogP contribution in [-0.2, 0) is 14.3 Å². The molecule has 0 saturated heterocycles. The fraction of sp³-hybridized carbons (Fsp3) is 0.222. The second kappa shape index (κ2) is 7.56. The van der Waals surface area contributed by atoms with Gasteiger partial charge in [0, 0.05) is 14.0 Å². The number of aryl methyl sites for hydroxylation is 1. The number of hydrogen-bond acceptors (Lipinski definition) is 3. The Morgan fingerprint density at radius 2 is 1.70 bits per heavy atom. The largest absolute Gasteiger partial charge is 0.367 e. The monoisotopic (exact) mass is 312 g/mol. The molecule has 0 aliphatic carbocycles. The van der Waals surface area contributed by atoms with Gasteiger partial charge in [0.15, 0.2) is 6.10 Å². The highest BCUT2D eigenvalue weighted by Crippen LogP contribution is 2.25. The fourth-order valence-corrected chi connectivity index (χ4v) is 2.28. The topological polar surface area (TPSA) is 67.4 Å². The summed E-state index contributed by atoms with van der Waals surface area (Å²) in [6.07, 6.45) is -0.720. The molecule has 0 heterocycles. The molecule has 2 amide bonds. The van der Waals surface area contributed by atoms with Crippen LogP contribution >= 0.6 is 0 Å². The molecule has 0 saturated carbocycles. The summed E-state index contributed by atoms with van der Waals surface area (Å²) in [7, 11) is 1.49. The number of ether oxygens (including phenoxy) is 1. The van der Waals surface area contributed by atoms with Crippen molar-refractivity contribution in [3.8, 4) is 0 Å². The SMILES string of the molecule is CO[C@H](C(=O)Nc1cc(C)ccc1NC(C)=O)c1ccccc1. The average molecular weight is 312 g/mol. The average Bonchev–Trinajstić information content (AvgIpc) is 2.51. The lowest BCUT2D eigenvalue weighted by molar-refractivity contribution is -0.126. The van der Waals surface area contributed by atoms with E-state index in [0.717, 1.165) is 11.1 Å². The van der Waals surface area contributed by atoms with Crippen molar-refractivity contribution in [1.82, 2.24) is 0 Å². The van der Waals surface area contributed by atoms with Crippen molar-refractivity contribution in [2.45, 2.75) is 20.0 Å². The smallest absolute Gasteiger partial charge is 0.258 e. The van der Waals surface area contributed by atoms with Crippen molar-refractivity contribution in [1.29, 1.82) is 0 Å². The Balaban J connectivity index is 2.25. The number of methoxy groups -OCH3 is 1. The van der Waals surface area contributed by atoms with Crippen LogP contribution in [0.1, 0.15) is 24.2 Å². The van der Waals surface area contributed by atoms with Crippen molar-refractivity contribution in [3.05, 3.63) is 59.7 Å². The van der Waals surface area contributed by atoms with E-state index in [1.807, 2.05) is 43.3 Å². The molecule has 1 atom stereocenters. The van der Waals surface area contributed by atoms with Crippen LogP contribution in [0.15, 0.2) is 48.5 Å². The van der Waals surface area contributed by atoms with Crippen LogP contribution in [0.25, 0.3) is 0 Å². The molecule has 0 aliphatic heterocycles. The zero-order valence-corrected chi connectivity index (χ0v) is 13.4. The Bertz CT molecular complexity index is 699. The van der Waals surface area contributed by atoms with Crippen LogP contribution in [0.4, 0.5) is 11.4 Å². The van der Waals surface area contributed by atoms with Gasteiger partial charge in [0.1, 0.15) is 0 Å². The summed E-state index contributed by atoms with van der Waals surface area (Å²) in [4.78, 5) is 23.8. The molecule has 0 aromatic heterocycles. The van der Waals surface area contributed by atoms with E-state index >= 15 is 0 Å². The molecule has 5 nitrogen and oxygen atoms in total. The van der Waals surface area contributed by atoms with Gasteiger partial charge in [0.25, 0.3) is 5.91 Å². The lowest BCUT2D eigenvalue weighted by Crippen LogP contribution is -2.23. The predicted octanol–water partition coefficient (Wildman–Crippen LogP) is 3.28. The van der Waals surface area contributed by atoms with Crippen molar-refractivity contribution >= 4 is 23.2 Å². The van der Waals surface area contributed by atoms with Crippen LogP contribution in [0.3, 0.4) is 0 Å². The second-order valence-corrected chi connectivity index (χ2v) is 5.25. The van der Waals surface area contributed by atoms with E-state index in [-0.39, 0.29) is 11.8 Å². The molecular weight excluding hydrogens is 292 g/mol. The lowest BCUT2D eigenvalue weighted by atomic mass is 10.1. The van der Waals surface area contributed by atoms with Gasteiger partial charge in [-0.25, -0.2) is 0 Å². The quantitative estimate of drug-likeness (QED) is 0.890. The van der Waals surface area contributed by atoms with Gasteiger partial charge in [-0.1, -0.05) is 36.4 Å². The van der Waals surface area contributed by atoms with Crippen LogP contribution in [0.5, 0.6) is 0 Å². The Morgan fingerprint density at radius 3 is 2.30 bits per heavy atom. The minimum absolute atomic E-state index is 0.198. The zero-order valence-electron chi connectivity index (χ0n) is 13.4. The van der Waals surface area contributed by atoms with E-state index < -0.39 is 6.10 Å². The minimum atomic E-state index is -0.720. The number of carbonyl (C=O) groups is 2. The number of nitrogens with one attached hydrogen (secondary N) is 2. The van der Waals surface area contributed by atoms with Gasteiger partial charge >= 0.3 is 0 Å². The van der Waals surface area contributed by atoms with E-state index in [9.17, 15) is 9.59 Å². The second-order valence-electron chi connectivity index (χ2n) is 5.25. The number of hydrogen-bond donors (Lipinski definition) is 2. The first-order valence-electron chi connectivity index (χ1n) is 7.28. The number of rotatable bonds is 5. The van der Waals surface area contributed by atoms with Crippen molar-refractivity contribution in [2.75, 3.05) is 17.7 Å². The molecule has 0 aliphatic rings. The molecule has 0 radical (unpaired) electrons. The number of carbonyl (C=O) groups excluding carboxylic acids is 2. The van der Waals surface area contributed by atoms with Crippen LogP contribution in [0.2, 0.25) is 0 Å². The van der Waals surface area contributed by atoms with E-state index in [0.29, 0.717) is 11.4 Å². The highest BCUT2D eigenvalue weighted by molar-refractivity contribution is 6.00. The minimum Gasteiger partial charge on any atom is -0.367 e. The van der Waals surface area contributed by atoms with Crippen LogP contribution in [-0.4, -0.2) is 18.9 Å². The van der Waals surface area contributed by atoms with Crippen molar-refractivity contribution in [3.63, 3.8) is 0 Å². The predicted molar refractivity (Wildman–Crippen MR) is 90.3 cm³/mol. The summed E-state index contributed by atoms with van der Waals surface area (Å²) < 4.78 is 5.32. The van der Waals surface area contributed by atoms with E-state index in [1.165, 1.54) is 14.0 Å². The summed E-state index contributed by atoms with van der Waals surface area (Å²) in [6, 6.07) is 14.7. The van der Waals surface area contributed by atoms with E-state index in [2.05, 4.69) is 10.6 Å². The summed E-state index contributed by atoms with van der Waals surface area (Å²) in [5, 5.41) is 5.54. The van der Waals surface area contributed by atoms with Crippen LogP contribution < -0.4 is 10.6 Å². The van der Waals surface area contributed by atoms with Crippen molar-refractivity contribution < 1.29 is 14.3 Å². The number of benzene rings is 2. The normalized spacial score (nSPS) is 11.6. The molecule has 2 aromatic rings. The fourth-order valence-electron chi connectivity index (χ4n) is 2.28. The molecule has 120 valence electrons. The van der Waals surface area contributed by atoms with Gasteiger partial charge < -0.3 is 15.4 Å². The van der Waals surface area contributed by atoms with Gasteiger partial charge in [-0.3, -0.25) is 9.59 Å². The Kier molecular flexibility index (Phi) is 5.49. The molecular formula is C18H20N2O3. The van der Waals surface area contributed by atoms with Gasteiger partial charge in [-0.05, 0) is 30.2 Å². The number of amides is 2. The first-order valence-corrected chi connectivity index (χ1v) is 7.28. The van der Waals surface area contributed by atoms with Gasteiger partial charge in [0.2, 0.25) is 5.91 Å². The molecule has 0 spiro atoms. The molecule has 0 fully saturated rings. The first kappa shape index (κ1) is 16.7. The maximum Gasteiger partial charge on any atom is 0.258 e. The Morgan fingerprint density at radius 1 is 1.00 bits per heavy atom. The summed E-state index contributed by atoms with van der Waals surface area (Å²) in [5.41, 5.74) is 2.84. The summed E-state index contributed by atoms with van der Waals surface area (Å²) >= 11 is 0. The molecule has 23 heavy (non-hydrogen) atoms. The Labute approximate surface area is 135 Å². The van der Waals surface area contributed by atoms with E-state index in [1.54, 1.807) is 12.1 Å². The zero-order chi connectivity index (χ0) is 16.8. The highest BCUT2D eigenvalue weighted by atomic mass is 16.5. The highest BCUT2D eigenvalue weighted by Gasteiger charge is 2.21. The molecule has 2 aromatic carbocycles. The first-order chi connectivity index (χ1) is 11.0. The standard InChI is InChI=1S/C18H20N2O3/c1-12-9-10-15(19-13(2)21)16(11-12)20-18(22)17(23-3)14-7-5-4-6-8-14/h4-11,17H,1-3H3,(H,19,21)(H,20,22)/t17-/m0/s1. The summed E-state index contributed by atoms with van der Waals surface area (Å²) in [5.74, 6) is -0.494.